The average Bonchev–Trinajstić information content (AvgIpc) is 2.98. The number of thioether (sulfide) groups is 1. The van der Waals surface area contributed by atoms with Gasteiger partial charge in [0, 0.05) is 46.6 Å². The maximum absolute atomic E-state index is 13.4. The molecule has 0 aliphatic rings. The minimum Gasteiger partial charge on any atom is -0.378 e. The molecular formula is C33H31ClN4O3S. The van der Waals surface area contributed by atoms with Gasteiger partial charge in [0.15, 0.2) is 0 Å². The lowest BCUT2D eigenvalue weighted by Crippen LogP contribution is -2.30. The van der Waals surface area contributed by atoms with Crippen molar-refractivity contribution in [3.63, 3.8) is 0 Å². The van der Waals surface area contributed by atoms with E-state index in [9.17, 15) is 14.4 Å². The minimum absolute atomic E-state index is 0.0933. The monoisotopic (exact) mass is 598 g/mol. The zero-order valence-electron chi connectivity index (χ0n) is 23.5. The smallest absolute Gasteiger partial charge is 0.272 e. The van der Waals surface area contributed by atoms with E-state index in [-0.39, 0.29) is 17.4 Å². The number of aryl methyl sites for hydroxylation is 1. The third-order valence-corrected chi connectivity index (χ3v) is 7.41. The van der Waals surface area contributed by atoms with Crippen LogP contribution >= 0.6 is 23.4 Å². The molecule has 0 unspecified atom stereocenters. The van der Waals surface area contributed by atoms with Gasteiger partial charge in [0.25, 0.3) is 11.8 Å². The Morgan fingerprint density at radius 1 is 0.857 bits per heavy atom. The number of nitrogens with zero attached hydrogens (tertiary/aromatic N) is 1. The first-order valence-corrected chi connectivity index (χ1v) is 14.5. The molecule has 0 radical (unpaired) electrons. The number of hydrogen-bond donors (Lipinski definition) is 3. The van der Waals surface area contributed by atoms with Crippen molar-refractivity contribution >= 4 is 64.2 Å². The summed E-state index contributed by atoms with van der Waals surface area (Å²) in [7, 11) is 3.89. The van der Waals surface area contributed by atoms with E-state index in [2.05, 4.69) is 16.0 Å². The van der Waals surface area contributed by atoms with Crippen molar-refractivity contribution in [3.8, 4) is 0 Å². The van der Waals surface area contributed by atoms with Gasteiger partial charge >= 0.3 is 0 Å². The molecule has 9 heteroatoms. The van der Waals surface area contributed by atoms with E-state index in [1.54, 1.807) is 60.7 Å². The highest BCUT2D eigenvalue weighted by molar-refractivity contribution is 8.00. The van der Waals surface area contributed by atoms with Crippen molar-refractivity contribution in [2.24, 2.45) is 0 Å². The fourth-order valence-corrected chi connectivity index (χ4v) is 4.83. The Morgan fingerprint density at radius 2 is 1.60 bits per heavy atom. The second kappa shape index (κ2) is 14.4. The summed E-state index contributed by atoms with van der Waals surface area (Å²) in [6, 6.07) is 28.9. The summed E-state index contributed by atoms with van der Waals surface area (Å²) in [6.45, 7) is 1.90. The minimum atomic E-state index is -0.479. The molecule has 4 aromatic carbocycles. The molecule has 0 aromatic heterocycles. The van der Waals surface area contributed by atoms with E-state index >= 15 is 0 Å². The van der Waals surface area contributed by atoms with Gasteiger partial charge in [0.05, 0.1) is 5.75 Å². The van der Waals surface area contributed by atoms with E-state index in [1.165, 1.54) is 11.8 Å². The fraction of sp³-hybridized carbons (Fsp3) is 0.121. The zero-order valence-corrected chi connectivity index (χ0v) is 25.1. The largest absolute Gasteiger partial charge is 0.378 e. The van der Waals surface area contributed by atoms with Crippen LogP contribution in [0.2, 0.25) is 5.02 Å². The second-order valence-corrected chi connectivity index (χ2v) is 11.1. The van der Waals surface area contributed by atoms with E-state index in [0.29, 0.717) is 22.0 Å². The van der Waals surface area contributed by atoms with Gasteiger partial charge in [0.2, 0.25) is 5.91 Å². The van der Waals surface area contributed by atoms with Crippen LogP contribution in [0.3, 0.4) is 0 Å². The molecule has 3 amide bonds. The zero-order chi connectivity index (χ0) is 30.1. The molecule has 7 nitrogen and oxygen atoms in total. The first-order chi connectivity index (χ1) is 20.2. The molecule has 214 valence electrons. The van der Waals surface area contributed by atoms with E-state index in [4.69, 9.17) is 11.6 Å². The number of rotatable bonds is 10. The highest BCUT2D eigenvalue weighted by Crippen LogP contribution is 2.24. The van der Waals surface area contributed by atoms with Crippen LogP contribution in [0.15, 0.2) is 108 Å². The Morgan fingerprint density at radius 3 is 2.31 bits per heavy atom. The maximum atomic E-state index is 13.4. The molecule has 0 bridgehead atoms. The van der Waals surface area contributed by atoms with Crippen molar-refractivity contribution in [1.29, 1.82) is 0 Å². The molecule has 3 N–H and O–H groups in total. The molecule has 4 aromatic rings. The molecule has 0 aliphatic heterocycles. The summed E-state index contributed by atoms with van der Waals surface area (Å²) >= 11 is 7.39. The van der Waals surface area contributed by atoms with E-state index < -0.39 is 11.8 Å². The predicted molar refractivity (Wildman–Crippen MR) is 173 cm³/mol. The SMILES string of the molecule is Cc1ccc(Cl)cc1NC(=O)CSc1cccc(NC(=O)/C(=C\c2ccc(N(C)C)cc2)NC(=O)c2ccccc2)c1. The Labute approximate surface area is 255 Å². The topological polar surface area (TPSA) is 90.5 Å². The lowest BCUT2D eigenvalue weighted by Gasteiger charge is -2.14. The number of anilines is 3. The molecular weight excluding hydrogens is 568 g/mol. The molecule has 42 heavy (non-hydrogen) atoms. The predicted octanol–water partition coefficient (Wildman–Crippen LogP) is 6.85. The first kappa shape index (κ1) is 30.4. The third kappa shape index (κ3) is 8.73. The van der Waals surface area contributed by atoms with E-state index in [0.717, 1.165) is 21.7 Å². The standard InChI is InChI=1S/C33H31ClN4O3S/c1-22-12-15-25(34)19-29(22)36-31(39)21-42-28-11-7-10-26(20-28)35-33(41)30(37-32(40)24-8-5-4-6-9-24)18-23-13-16-27(17-14-23)38(2)3/h4-20H,21H2,1-3H3,(H,35,41)(H,36,39)(H,37,40)/b30-18+. The maximum Gasteiger partial charge on any atom is 0.272 e. The van der Waals surface area contributed by atoms with Crippen LogP contribution in [0.4, 0.5) is 17.1 Å². The highest BCUT2D eigenvalue weighted by atomic mass is 35.5. The van der Waals surface area contributed by atoms with Crippen molar-refractivity contribution in [1.82, 2.24) is 5.32 Å². The third-order valence-electron chi connectivity index (χ3n) is 6.18. The summed E-state index contributed by atoms with van der Waals surface area (Å²) in [4.78, 5) is 41.7. The molecule has 0 heterocycles. The Bertz CT molecular complexity index is 1610. The summed E-state index contributed by atoms with van der Waals surface area (Å²) < 4.78 is 0. The Kier molecular flexibility index (Phi) is 10.4. The van der Waals surface area contributed by atoms with Crippen LogP contribution in [0.5, 0.6) is 0 Å². The molecule has 0 fully saturated rings. The van der Waals surface area contributed by atoms with Gasteiger partial charge in [-0.3, -0.25) is 14.4 Å². The number of carbonyl (C=O) groups is 3. The lowest BCUT2D eigenvalue weighted by atomic mass is 10.1. The van der Waals surface area contributed by atoms with Crippen LogP contribution in [0, 0.1) is 6.92 Å². The second-order valence-electron chi connectivity index (χ2n) is 9.64. The van der Waals surface area contributed by atoms with Gasteiger partial charge in [-0.25, -0.2) is 0 Å². The van der Waals surface area contributed by atoms with Gasteiger partial charge in [0.1, 0.15) is 5.70 Å². The average molecular weight is 599 g/mol. The molecule has 0 aliphatic carbocycles. The van der Waals surface area contributed by atoms with Crippen molar-refractivity contribution in [2.75, 3.05) is 35.4 Å². The lowest BCUT2D eigenvalue weighted by molar-refractivity contribution is -0.114. The Hall–Kier alpha value is -4.53. The molecule has 0 saturated heterocycles. The van der Waals surface area contributed by atoms with Crippen LogP contribution < -0.4 is 20.9 Å². The van der Waals surface area contributed by atoms with Crippen LogP contribution in [-0.2, 0) is 9.59 Å². The molecule has 4 rings (SSSR count). The van der Waals surface area contributed by atoms with E-state index in [1.807, 2.05) is 68.4 Å². The normalized spacial score (nSPS) is 11.0. The van der Waals surface area contributed by atoms with Crippen molar-refractivity contribution in [2.45, 2.75) is 11.8 Å². The molecule has 0 spiro atoms. The number of amides is 3. The van der Waals surface area contributed by atoms with Gasteiger partial charge < -0.3 is 20.9 Å². The van der Waals surface area contributed by atoms with Crippen molar-refractivity contribution < 1.29 is 14.4 Å². The van der Waals surface area contributed by atoms with Gasteiger partial charge in [-0.2, -0.15) is 0 Å². The summed E-state index contributed by atoms with van der Waals surface area (Å²) in [6.07, 6.45) is 1.64. The highest BCUT2D eigenvalue weighted by Gasteiger charge is 2.16. The quantitative estimate of drug-likeness (QED) is 0.137. The molecule has 0 saturated carbocycles. The fourth-order valence-electron chi connectivity index (χ4n) is 3.90. The van der Waals surface area contributed by atoms with Gasteiger partial charge in [-0.05, 0) is 78.7 Å². The first-order valence-electron chi connectivity index (χ1n) is 13.1. The van der Waals surface area contributed by atoms with Gasteiger partial charge in [-0.15, -0.1) is 11.8 Å². The number of carbonyl (C=O) groups excluding carboxylic acids is 3. The van der Waals surface area contributed by atoms with Crippen LogP contribution in [0.25, 0.3) is 6.08 Å². The number of nitrogens with one attached hydrogen (secondary N) is 3. The number of benzene rings is 4. The summed E-state index contributed by atoms with van der Waals surface area (Å²) in [5, 5.41) is 9.06. The van der Waals surface area contributed by atoms with Crippen LogP contribution in [0.1, 0.15) is 21.5 Å². The van der Waals surface area contributed by atoms with Crippen LogP contribution in [-0.4, -0.2) is 37.6 Å². The number of halogens is 1. The number of hydrogen-bond acceptors (Lipinski definition) is 5. The summed E-state index contributed by atoms with van der Waals surface area (Å²) in [5.41, 5.74) is 4.40. The van der Waals surface area contributed by atoms with Crippen molar-refractivity contribution in [3.05, 3.63) is 124 Å². The Balaban J connectivity index is 1.47. The summed E-state index contributed by atoms with van der Waals surface area (Å²) in [5.74, 6) is -0.877. The van der Waals surface area contributed by atoms with Gasteiger partial charge in [-0.1, -0.05) is 54.1 Å². The molecule has 0 atom stereocenters.